The summed E-state index contributed by atoms with van der Waals surface area (Å²) in [6, 6.07) is 17.5. The fraction of sp³-hybridized carbons (Fsp3) is 0.600. The Bertz CT molecular complexity index is 787. The molecule has 0 radical (unpaired) electrons. The highest BCUT2D eigenvalue weighted by Crippen LogP contribution is 2.44. The predicted octanol–water partition coefficient (Wildman–Crippen LogP) is 9.58. The summed E-state index contributed by atoms with van der Waals surface area (Å²) in [4.78, 5) is 0. The molecule has 0 N–H and O–H groups in total. The zero-order valence-electron chi connectivity index (χ0n) is 19.7. The summed E-state index contributed by atoms with van der Waals surface area (Å²) >= 11 is 0. The van der Waals surface area contributed by atoms with Gasteiger partial charge in [-0.05, 0) is 91.4 Å². The third-order valence-electron chi connectivity index (χ3n) is 8.26. The Kier molecular flexibility index (Phi) is 7.51. The number of hydrogen-bond acceptors (Lipinski definition) is 0. The van der Waals surface area contributed by atoms with E-state index in [1.807, 2.05) is 12.1 Å². The molecule has 2 fully saturated rings. The van der Waals surface area contributed by atoms with Crippen LogP contribution in [0.5, 0.6) is 0 Å². The average Bonchev–Trinajstić information content (AvgIpc) is 2.82. The zero-order chi connectivity index (χ0) is 21.7. The molecule has 0 saturated heterocycles. The first-order valence-electron chi connectivity index (χ1n) is 13.0. The van der Waals surface area contributed by atoms with E-state index < -0.39 is 5.67 Å². The van der Waals surface area contributed by atoms with Gasteiger partial charge in [0.25, 0.3) is 0 Å². The molecule has 0 aromatic heterocycles. The topological polar surface area (TPSA) is 0 Å². The fourth-order valence-electron chi connectivity index (χ4n) is 6.22. The molecule has 0 unspecified atom stereocenters. The molecule has 1 heteroatoms. The number of alkyl halides is 1. The monoisotopic (exact) mass is 420 g/mol. The van der Waals surface area contributed by atoms with Crippen LogP contribution in [-0.4, -0.2) is 0 Å². The summed E-state index contributed by atoms with van der Waals surface area (Å²) in [5, 5.41) is 0. The van der Waals surface area contributed by atoms with E-state index in [-0.39, 0.29) is 0 Å². The Morgan fingerprint density at radius 3 is 1.68 bits per heavy atom. The minimum atomic E-state index is -1.12. The standard InChI is InChI=1S/C30H41F/c1-3-5-23-7-9-25(10-8-23)26-11-13-27(14-12-26)28-15-17-29(18-16-28)30(31)21-19-24(6-4-2)20-22-30/h11-18,23-25H,3-10,19-22H2,1-2H3/t23-,24?,25-,30?. The molecular weight excluding hydrogens is 379 g/mol. The summed E-state index contributed by atoms with van der Waals surface area (Å²) in [5.74, 6) is 2.42. The quantitative estimate of drug-likeness (QED) is 0.418. The van der Waals surface area contributed by atoms with Crippen molar-refractivity contribution in [2.24, 2.45) is 11.8 Å². The van der Waals surface area contributed by atoms with Crippen LogP contribution in [0.15, 0.2) is 48.5 Å². The molecule has 2 aromatic rings. The summed E-state index contributed by atoms with van der Waals surface area (Å²) in [6.07, 6.45) is 14.1. The highest BCUT2D eigenvalue weighted by Gasteiger charge is 2.36. The van der Waals surface area contributed by atoms with Gasteiger partial charge in [0.1, 0.15) is 5.67 Å². The maximum absolute atomic E-state index is 15.6. The molecule has 0 amide bonds. The minimum Gasteiger partial charge on any atom is -0.239 e. The molecule has 0 heterocycles. The first-order valence-corrected chi connectivity index (χ1v) is 13.0. The van der Waals surface area contributed by atoms with Crippen molar-refractivity contribution in [2.75, 3.05) is 0 Å². The van der Waals surface area contributed by atoms with E-state index in [1.54, 1.807) is 0 Å². The van der Waals surface area contributed by atoms with Gasteiger partial charge < -0.3 is 0 Å². The molecule has 0 aliphatic heterocycles. The van der Waals surface area contributed by atoms with Gasteiger partial charge in [0, 0.05) is 0 Å². The normalized spacial score (nSPS) is 29.1. The van der Waals surface area contributed by atoms with Crippen LogP contribution >= 0.6 is 0 Å². The molecular formula is C30H41F. The maximum Gasteiger partial charge on any atom is 0.136 e. The largest absolute Gasteiger partial charge is 0.239 e. The van der Waals surface area contributed by atoms with E-state index in [4.69, 9.17) is 0 Å². The van der Waals surface area contributed by atoms with Crippen molar-refractivity contribution in [1.82, 2.24) is 0 Å². The Hall–Kier alpha value is -1.63. The SMILES string of the molecule is CCCC1CCC(F)(c2ccc(-c3ccc([C@H]4CC[C@H](CCC)CC4)cc3)cc2)CC1. The Morgan fingerprint density at radius 1 is 0.677 bits per heavy atom. The van der Waals surface area contributed by atoms with Crippen LogP contribution in [0.2, 0.25) is 0 Å². The van der Waals surface area contributed by atoms with Crippen molar-refractivity contribution in [2.45, 2.75) is 102 Å². The number of rotatable bonds is 7. The molecule has 2 aromatic carbocycles. The van der Waals surface area contributed by atoms with Crippen molar-refractivity contribution >= 4 is 0 Å². The second kappa shape index (κ2) is 10.3. The second-order valence-electron chi connectivity index (χ2n) is 10.4. The number of hydrogen-bond donors (Lipinski definition) is 0. The molecule has 0 bridgehead atoms. The zero-order valence-corrected chi connectivity index (χ0v) is 19.7. The number of halogens is 1. The highest BCUT2D eigenvalue weighted by atomic mass is 19.1. The molecule has 4 rings (SSSR count). The summed E-state index contributed by atoms with van der Waals surface area (Å²) in [7, 11) is 0. The molecule has 0 atom stereocenters. The van der Waals surface area contributed by atoms with Gasteiger partial charge in [0.2, 0.25) is 0 Å². The van der Waals surface area contributed by atoms with Crippen LogP contribution in [-0.2, 0) is 5.67 Å². The molecule has 168 valence electrons. The van der Waals surface area contributed by atoms with E-state index in [9.17, 15) is 0 Å². The van der Waals surface area contributed by atoms with E-state index in [0.717, 1.165) is 36.2 Å². The lowest BCUT2D eigenvalue weighted by atomic mass is 9.75. The van der Waals surface area contributed by atoms with Crippen molar-refractivity contribution in [3.8, 4) is 11.1 Å². The van der Waals surface area contributed by atoms with Crippen LogP contribution < -0.4 is 0 Å². The molecule has 0 spiro atoms. The number of benzene rings is 2. The minimum absolute atomic E-state index is 0.687. The van der Waals surface area contributed by atoms with Gasteiger partial charge in [-0.25, -0.2) is 4.39 Å². The van der Waals surface area contributed by atoms with Crippen molar-refractivity contribution in [3.63, 3.8) is 0 Å². The lowest BCUT2D eigenvalue weighted by Crippen LogP contribution is -2.27. The maximum atomic E-state index is 15.6. The molecule has 2 aliphatic rings. The predicted molar refractivity (Wildman–Crippen MR) is 131 cm³/mol. The van der Waals surface area contributed by atoms with Gasteiger partial charge in [-0.3, -0.25) is 0 Å². The summed E-state index contributed by atoms with van der Waals surface area (Å²) < 4.78 is 15.6. The second-order valence-corrected chi connectivity index (χ2v) is 10.4. The smallest absolute Gasteiger partial charge is 0.136 e. The van der Waals surface area contributed by atoms with Gasteiger partial charge >= 0.3 is 0 Å². The van der Waals surface area contributed by atoms with Gasteiger partial charge in [-0.1, -0.05) is 88.1 Å². The van der Waals surface area contributed by atoms with Crippen LogP contribution in [0.3, 0.4) is 0 Å². The van der Waals surface area contributed by atoms with Gasteiger partial charge in [-0.15, -0.1) is 0 Å². The lowest BCUT2D eigenvalue weighted by Gasteiger charge is -2.34. The van der Waals surface area contributed by atoms with Crippen LogP contribution in [0, 0.1) is 11.8 Å². The van der Waals surface area contributed by atoms with Crippen molar-refractivity contribution in [1.29, 1.82) is 0 Å². The molecule has 2 saturated carbocycles. The van der Waals surface area contributed by atoms with Gasteiger partial charge in [0.05, 0.1) is 0 Å². The van der Waals surface area contributed by atoms with Crippen LogP contribution in [0.1, 0.15) is 108 Å². The van der Waals surface area contributed by atoms with Gasteiger partial charge in [-0.2, -0.15) is 0 Å². The van der Waals surface area contributed by atoms with E-state index in [1.165, 1.54) is 68.1 Å². The first-order chi connectivity index (χ1) is 15.1. The average molecular weight is 421 g/mol. The van der Waals surface area contributed by atoms with Gasteiger partial charge in [0.15, 0.2) is 0 Å². The molecule has 2 aliphatic carbocycles. The summed E-state index contributed by atoms with van der Waals surface area (Å²) in [5.41, 5.74) is 3.71. The Balaban J connectivity index is 1.37. The third kappa shape index (κ3) is 5.41. The van der Waals surface area contributed by atoms with Crippen molar-refractivity contribution in [3.05, 3.63) is 59.7 Å². The van der Waals surface area contributed by atoms with E-state index >= 15 is 4.39 Å². The fourth-order valence-corrected chi connectivity index (χ4v) is 6.22. The van der Waals surface area contributed by atoms with E-state index in [2.05, 4.69) is 50.2 Å². The van der Waals surface area contributed by atoms with Crippen molar-refractivity contribution < 1.29 is 4.39 Å². The van der Waals surface area contributed by atoms with E-state index in [0.29, 0.717) is 12.8 Å². The first kappa shape index (κ1) is 22.6. The molecule has 31 heavy (non-hydrogen) atoms. The Morgan fingerprint density at radius 2 is 1.16 bits per heavy atom. The van der Waals surface area contributed by atoms with Crippen LogP contribution in [0.4, 0.5) is 4.39 Å². The lowest BCUT2D eigenvalue weighted by molar-refractivity contribution is 0.0793. The highest BCUT2D eigenvalue weighted by molar-refractivity contribution is 5.64. The third-order valence-corrected chi connectivity index (χ3v) is 8.26. The Labute approximate surface area is 189 Å². The molecule has 0 nitrogen and oxygen atoms in total. The van der Waals surface area contributed by atoms with Crippen LogP contribution in [0.25, 0.3) is 11.1 Å². The summed E-state index contributed by atoms with van der Waals surface area (Å²) in [6.45, 7) is 4.55.